The Morgan fingerprint density at radius 1 is 1.23 bits per heavy atom. The van der Waals surface area contributed by atoms with Crippen molar-refractivity contribution in [2.24, 2.45) is 0 Å². The van der Waals surface area contributed by atoms with Gasteiger partial charge in [-0.2, -0.15) is 0 Å². The number of hydrogen-bond acceptors (Lipinski definition) is 5. The Morgan fingerprint density at radius 3 is 2.65 bits per heavy atom. The highest BCUT2D eigenvalue weighted by molar-refractivity contribution is 5.93. The van der Waals surface area contributed by atoms with E-state index in [1.54, 1.807) is 12.1 Å². The molecule has 3 rings (SSSR count). The molecule has 0 saturated carbocycles. The fraction of sp³-hybridized carbons (Fsp3) is 0.421. The second-order valence-electron chi connectivity index (χ2n) is 6.55. The van der Waals surface area contributed by atoms with Gasteiger partial charge in [0.05, 0.1) is 36.4 Å². The van der Waals surface area contributed by atoms with Gasteiger partial charge in [-0.15, -0.1) is 0 Å². The van der Waals surface area contributed by atoms with Gasteiger partial charge in [0.15, 0.2) is 0 Å². The standard InChI is InChI=1S/C19H25N3O4/c1-13-11-22(12-14(2)26-13)16-7-4-3-6-15(16)21-19(24)20-10-17(23)18-8-5-9-25-18/h3-9,13-14,17,23H,10-12H2,1-2H3,(H2,20,21,24). The number of carbonyl (C=O) groups is 1. The summed E-state index contributed by atoms with van der Waals surface area (Å²) in [6, 6.07) is 10.7. The van der Waals surface area contributed by atoms with Gasteiger partial charge in [-0.05, 0) is 38.1 Å². The van der Waals surface area contributed by atoms with Gasteiger partial charge in [0.25, 0.3) is 0 Å². The Hall–Kier alpha value is -2.51. The molecule has 7 heteroatoms. The number of furan rings is 1. The molecule has 0 radical (unpaired) electrons. The molecule has 2 amide bonds. The van der Waals surface area contributed by atoms with Crippen molar-refractivity contribution in [3.63, 3.8) is 0 Å². The average Bonchev–Trinajstić information content (AvgIpc) is 3.14. The summed E-state index contributed by atoms with van der Waals surface area (Å²) in [7, 11) is 0. The first kappa shape index (κ1) is 18.3. The van der Waals surface area contributed by atoms with Gasteiger partial charge in [0.1, 0.15) is 11.9 Å². The number of para-hydroxylation sites is 2. The number of urea groups is 1. The number of carbonyl (C=O) groups excluding carboxylic acids is 1. The first-order valence-corrected chi connectivity index (χ1v) is 8.78. The number of nitrogens with one attached hydrogen (secondary N) is 2. The SMILES string of the molecule is CC1CN(c2ccccc2NC(=O)NCC(O)c2ccco2)CC(C)O1. The van der Waals surface area contributed by atoms with Crippen LogP contribution in [0.5, 0.6) is 0 Å². The van der Waals surface area contributed by atoms with Crippen molar-refractivity contribution in [2.45, 2.75) is 32.2 Å². The molecule has 1 aliphatic heterocycles. The maximum Gasteiger partial charge on any atom is 0.319 e. The third-order valence-electron chi connectivity index (χ3n) is 4.24. The summed E-state index contributed by atoms with van der Waals surface area (Å²) in [5, 5.41) is 15.5. The van der Waals surface area contributed by atoms with E-state index in [9.17, 15) is 9.90 Å². The molecule has 0 bridgehead atoms. The van der Waals surface area contributed by atoms with E-state index < -0.39 is 6.10 Å². The van der Waals surface area contributed by atoms with Crippen LogP contribution in [-0.4, -0.2) is 43.0 Å². The molecule has 3 N–H and O–H groups in total. The molecular formula is C19H25N3O4. The van der Waals surface area contributed by atoms with Gasteiger partial charge in [-0.25, -0.2) is 4.79 Å². The number of hydrogen-bond donors (Lipinski definition) is 3. The number of aliphatic hydroxyl groups excluding tert-OH is 1. The van der Waals surface area contributed by atoms with E-state index in [0.717, 1.165) is 24.5 Å². The van der Waals surface area contributed by atoms with Crippen LogP contribution in [0.1, 0.15) is 25.7 Å². The molecule has 3 atom stereocenters. The van der Waals surface area contributed by atoms with Gasteiger partial charge in [-0.1, -0.05) is 12.1 Å². The minimum absolute atomic E-state index is 0.0626. The van der Waals surface area contributed by atoms with E-state index >= 15 is 0 Å². The van der Waals surface area contributed by atoms with Gasteiger partial charge < -0.3 is 29.8 Å². The molecule has 0 spiro atoms. The second-order valence-corrected chi connectivity index (χ2v) is 6.55. The summed E-state index contributed by atoms with van der Waals surface area (Å²) in [6.07, 6.45) is 0.860. The summed E-state index contributed by atoms with van der Waals surface area (Å²) in [6.45, 7) is 5.68. The van der Waals surface area contributed by atoms with Crippen LogP contribution in [0.3, 0.4) is 0 Å². The number of benzene rings is 1. The van der Waals surface area contributed by atoms with Crippen LogP contribution in [0, 0.1) is 0 Å². The molecule has 26 heavy (non-hydrogen) atoms. The zero-order chi connectivity index (χ0) is 18.5. The first-order valence-electron chi connectivity index (χ1n) is 8.78. The van der Waals surface area contributed by atoms with E-state index in [-0.39, 0.29) is 24.8 Å². The van der Waals surface area contributed by atoms with Crippen molar-refractivity contribution in [1.82, 2.24) is 5.32 Å². The molecule has 1 aliphatic rings. The van der Waals surface area contributed by atoms with Gasteiger partial charge in [0, 0.05) is 13.1 Å². The number of rotatable bonds is 5. The fourth-order valence-electron chi connectivity index (χ4n) is 3.17. The Balaban J connectivity index is 1.61. The first-order chi connectivity index (χ1) is 12.5. The molecule has 1 aromatic heterocycles. The Labute approximate surface area is 152 Å². The monoisotopic (exact) mass is 359 g/mol. The average molecular weight is 359 g/mol. The lowest BCUT2D eigenvalue weighted by atomic mass is 10.1. The molecule has 0 aliphatic carbocycles. The largest absolute Gasteiger partial charge is 0.467 e. The lowest BCUT2D eigenvalue weighted by Crippen LogP contribution is -2.46. The molecule has 3 unspecified atom stereocenters. The topological polar surface area (TPSA) is 87.0 Å². The summed E-state index contributed by atoms with van der Waals surface area (Å²) >= 11 is 0. The van der Waals surface area contributed by atoms with E-state index in [2.05, 4.69) is 15.5 Å². The normalized spacial score (nSPS) is 21.3. The lowest BCUT2D eigenvalue weighted by Gasteiger charge is -2.37. The van der Waals surface area contributed by atoms with Crippen LogP contribution >= 0.6 is 0 Å². The zero-order valence-corrected chi connectivity index (χ0v) is 15.0. The number of aliphatic hydroxyl groups is 1. The van der Waals surface area contributed by atoms with E-state index in [1.807, 2.05) is 38.1 Å². The summed E-state index contributed by atoms with van der Waals surface area (Å²) in [4.78, 5) is 14.5. The highest BCUT2D eigenvalue weighted by Gasteiger charge is 2.24. The molecule has 2 aromatic rings. The van der Waals surface area contributed by atoms with Crippen molar-refractivity contribution in [3.8, 4) is 0 Å². The molecule has 1 aromatic carbocycles. The quantitative estimate of drug-likeness (QED) is 0.764. The molecule has 140 valence electrons. The minimum atomic E-state index is -0.882. The Kier molecular flexibility index (Phi) is 5.80. The van der Waals surface area contributed by atoms with Crippen LogP contribution in [0.2, 0.25) is 0 Å². The maximum atomic E-state index is 12.2. The third-order valence-corrected chi connectivity index (χ3v) is 4.24. The molecular weight excluding hydrogens is 334 g/mol. The fourth-order valence-corrected chi connectivity index (χ4v) is 3.17. The van der Waals surface area contributed by atoms with Crippen molar-refractivity contribution >= 4 is 17.4 Å². The minimum Gasteiger partial charge on any atom is -0.467 e. The summed E-state index contributed by atoms with van der Waals surface area (Å²) in [5.41, 5.74) is 1.68. The number of anilines is 2. The Bertz CT molecular complexity index is 709. The van der Waals surface area contributed by atoms with E-state index in [1.165, 1.54) is 6.26 Å². The van der Waals surface area contributed by atoms with Crippen LogP contribution in [0.4, 0.5) is 16.2 Å². The molecule has 1 saturated heterocycles. The van der Waals surface area contributed by atoms with Crippen molar-refractivity contribution in [2.75, 3.05) is 29.9 Å². The van der Waals surface area contributed by atoms with Crippen LogP contribution in [0.15, 0.2) is 47.1 Å². The highest BCUT2D eigenvalue weighted by Crippen LogP contribution is 2.28. The van der Waals surface area contributed by atoms with Crippen molar-refractivity contribution in [3.05, 3.63) is 48.4 Å². The van der Waals surface area contributed by atoms with Crippen LogP contribution < -0.4 is 15.5 Å². The lowest BCUT2D eigenvalue weighted by molar-refractivity contribution is -0.00517. The number of morpholine rings is 1. The predicted molar refractivity (Wildman–Crippen MR) is 99.4 cm³/mol. The van der Waals surface area contributed by atoms with E-state index in [4.69, 9.17) is 9.15 Å². The number of nitrogens with zero attached hydrogens (tertiary/aromatic N) is 1. The highest BCUT2D eigenvalue weighted by atomic mass is 16.5. The Morgan fingerprint density at radius 2 is 1.96 bits per heavy atom. The third kappa shape index (κ3) is 4.56. The number of ether oxygens (including phenoxy) is 1. The van der Waals surface area contributed by atoms with Gasteiger partial charge in [0.2, 0.25) is 0 Å². The maximum absolute atomic E-state index is 12.2. The molecule has 1 fully saturated rings. The van der Waals surface area contributed by atoms with Gasteiger partial charge in [-0.3, -0.25) is 0 Å². The van der Waals surface area contributed by atoms with Crippen LogP contribution in [-0.2, 0) is 4.74 Å². The predicted octanol–water partition coefficient (Wildman–Crippen LogP) is 2.75. The second kappa shape index (κ2) is 8.25. The molecule has 7 nitrogen and oxygen atoms in total. The zero-order valence-electron chi connectivity index (χ0n) is 15.0. The summed E-state index contributed by atoms with van der Waals surface area (Å²) in [5.74, 6) is 0.419. The van der Waals surface area contributed by atoms with Crippen LogP contribution in [0.25, 0.3) is 0 Å². The number of amides is 2. The smallest absolute Gasteiger partial charge is 0.319 e. The molecule has 2 heterocycles. The van der Waals surface area contributed by atoms with Crippen molar-refractivity contribution in [1.29, 1.82) is 0 Å². The summed E-state index contributed by atoms with van der Waals surface area (Å²) < 4.78 is 10.9. The van der Waals surface area contributed by atoms with Gasteiger partial charge >= 0.3 is 6.03 Å². The van der Waals surface area contributed by atoms with Crippen molar-refractivity contribution < 1.29 is 19.1 Å². The van der Waals surface area contributed by atoms with E-state index in [0.29, 0.717) is 5.76 Å².